The predicted octanol–water partition coefficient (Wildman–Crippen LogP) is 5.02. The van der Waals surface area contributed by atoms with Crippen LogP contribution in [0.2, 0.25) is 0 Å². The van der Waals surface area contributed by atoms with Crippen molar-refractivity contribution in [2.24, 2.45) is 4.99 Å². The average molecular weight is 264 g/mol. The summed E-state index contributed by atoms with van der Waals surface area (Å²) in [5.41, 5.74) is 6.15. The fourth-order valence-electron chi connectivity index (χ4n) is 1.78. The van der Waals surface area contributed by atoms with Crippen LogP contribution in [0.1, 0.15) is 18.1 Å². The van der Waals surface area contributed by atoms with Gasteiger partial charge in [0.25, 0.3) is 0 Å². The summed E-state index contributed by atoms with van der Waals surface area (Å²) >= 11 is 0. The summed E-state index contributed by atoms with van der Waals surface area (Å²) in [5, 5.41) is 3.28. The van der Waals surface area contributed by atoms with Crippen molar-refractivity contribution in [3.8, 4) is 0 Å². The molecule has 0 aromatic heterocycles. The van der Waals surface area contributed by atoms with E-state index in [-0.39, 0.29) is 0 Å². The Hall–Kier alpha value is -2.35. The lowest BCUT2D eigenvalue weighted by molar-refractivity contribution is 1.40. The second kappa shape index (κ2) is 6.20. The van der Waals surface area contributed by atoms with Crippen LogP contribution in [0.3, 0.4) is 0 Å². The monoisotopic (exact) mass is 264 g/mol. The normalized spacial score (nSPS) is 11.2. The van der Waals surface area contributed by atoms with Gasteiger partial charge in [0.15, 0.2) is 0 Å². The Labute approximate surface area is 120 Å². The molecule has 2 aromatic carbocycles. The molecule has 2 rings (SSSR count). The van der Waals surface area contributed by atoms with E-state index in [4.69, 9.17) is 0 Å². The van der Waals surface area contributed by atoms with E-state index in [1.807, 2.05) is 31.2 Å². The maximum Gasteiger partial charge on any atom is 0.0633 e. The van der Waals surface area contributed by atoms with Gasteiger partial charge in [0, 0.05) is 5.69 Å². The van der Waals surface area contributed by atoms with Gasteiger partial charge in [-0.05, 0) is 45.0 Å². The van der Waals surface area contributed by atoms with Gasteiger partial charge in [-0.25, -0.2) is 0 Å². The third-order valence-corrected chi connectivity index (χ3v) is 3.11. The zero-order valence-electron chi connectivity index (χ0n) is 12.3. The molecule has 2 aromatic rings. The zero-order chi connectivity index (χ0) is 14.5. The van der Waals surface area contributed by atoms with E-state index in [9.17, 15) is 0 Å². The summed E-state index contributed by atoms with van der Waals surface area (Å²) in [6, 6.07) is 16.4. The van der Waals surface area contributed by atoms with Crippen molar-refractivity contribution in [1.82, 2.24) is 0 Å². The average Bonchev–Trinajstić information content (AvgIpc) is 2.44. The smallest absolute Gasteiger partial charge is 0.0633 e. The number of aliphatic imine (C=N–C) groups is 1. The van der Waals surface area contributed by atoms with Gasteiger partial charge in [-0.2, -0.15) is 0 Å². The number of anilines is 1. The molecule has 0 saturated carbocycles. The van der Waals surface area contributed by atoms with Gasteiger partial charge >= 0.3 is 0 Å². The minimum absolute atomic E-state index is 0.814. The van der Waals surface area contributed by atoms with Crippen molar-refractivity contribution in [3.05, 3.63) is 71.9 Å². The van der Waals surface area contributed by atoms with Crippen molar-refractivity contribution in [2.45, 2.75) is 20.8 Å². The Morgan fingerprint density at radius 3 is 1.95 bits per heavy atom. The van der Waals surface area contributed by atoms with Crippen LogP contribution in [0.4, 0.5) is 11.4 Å². The maximum absolute atomic E-state index is 4.57. The number of benzene rings is 2. The molecule has 0 aliphatic heterocycles. The van der Waals surface area contributed by atoms with Gasteiger partial charge < -0.3 is 5.32 Å². The molecule has 0 amide bonds. The Bertz CT molecular complexity index is 619. The molecular formula is C18H20N2. The third-order valence-electron chi connectivity index (χ3n) is 3.11. The fourth-order valence-corrected chi connectivity index (χ4v) is 1.78. The first-order valence-electron chi connectivity index (χ1n) is 6.69. The van der Waals surface area contributed by atoms with Gasteiger partial charge in [-0.15, -0.1) is 0 Å². The van der Waals surface area contributed by atoms with Crippen molar-refractivity contribution < 1.29 is 0 Å². The molecule has 0 bridgehead atoms. The van der Waals surface area contributed by atoms with E-state index in [2.05, 4.69) is 55.0 Å². The number of nitrogens with zero attached hydrogens (tertiary/aromatic N) is 1. The molecule has 0 fully saturated rings. The van der Waals surface area contributed by atoms with Gasteiger partial charge in [0.2, 0.25) is 0 Å². The van der Waals surface area contributed by atoms with Crippen LogP contribution < -0.4 is 5.32 Å². The van der Waals surface area contributed by atoms with Crippen LogP contribution >= 0.6 is 0 Å². The first-order chi connectivity index (χ1) is 9.54. The van der Waals surface area contributed by atoms with Crippen LogP contribution in [-0.2, 0) is 0 Å². The molecule has 0 spiro atoms. The van der Waals surface area contributed by atoms with Crippen molar-refractivity contribution in [2.75, 3.05) is 5.32 Å². The molecule has 20 heavy (non-hydrogen) atoms. The van der Waals surface area contributed by atoms with E-state index in [0.29, 0.717) is 0 Å². The Morgan fingerprint density at radius 1 is 0.900 bits per heavy atom. The highest BCUT2D eigenvalue weighted by atomic mass is 14.9. The minimum atomic E-state index is 0.814. The highest BCUT2D eigenvalue weighted by Crippen LogP contribution is 2.16. The first-order valence-corrected chi connectivity index (χ1v) is 6.69. The summed E-state index contributed by atoms with van der Waals surface area (Å²) in [7, 11) is 0. The number of hydrogen-bond acceptors (Lipinski definition) is 2. The lowest BCUT2D eigenvalue weighted by Crippen LogP contribution is -2.06. The molecule has 0 aliphatic rings. The SMILES string of the molecule is C=C(Nc1ccc(C)cc1)C(C)=Nc1ccc(C)cc1. The lowest BCUT2D eigenvalue weighted by atomic mass is 10.2. The Kier molecular flexibility index (Phi) is 4.36. The van der Waals surface area contributed by atoms with Crippen LogP contribution in [-0.4, -0.2) is 5.71 Å². The molecule has 0 heterocycles. The molecule has 0 aliphatic carbocycles. The maximum atomic E-state index is 4.57. The second-order valence-electron chi connectivity index (χ2n) is 5.00. The lowest BCUT2D eigenvalue weighted by Gasteiger charge is -2.09. The summed E-state index contributed by atoms with van der Waals surface area (Å²) in [5.74, 6) is 0. The molecular weight excluding hydrogens is 244 g/mol. The van der Waals surface area contributed by atoms with Crippen molar-refractivity contribution >= 4 is 17.1 Å². The topological polar surface area (TPSA) is 24.4 Å². The highest BCUT2D eigenvalue weighted by Gasteiger charge is 2.00. The molecule has 0 unspecified atom stereocenters. The molecule has 102 valence electrons. The molecule has 0 atom stereocenters. The number of hydrogen-bond donors (Lipinski definition) is 1. The van der Waals surface area contributed by atoms with Gasteiger partial charge in [-0.1, -0.05) is 42.0 Å². The highest BCUT2D eigenvalue weighted by molar-refractivity contribution is 6.01. The molecule has 2 heteroatoms. The molecule has 0 radical (unpaired) electrons. The Balaban J connectivity index is 2.08. The number of allylic oxidation sites excluding steroid dienone is 1. The van der Waals surface area contributed by atoms with Gasteiger partial charge in [-0.3, -0.25) is 4.99 Å². The van der Waals surface area contributed by atoms with E-state index in [0.717, 1.165) is 22.8 Å². The van der Waals surface area contributed by atoms with Crippen molar-refractivity contribution in [1.29, 1.82) is 0 Å². The van der Waals surface area contributed by atoms with Gasteiger partial charge in [0.05, 0.1) is 17.1 Å². The molecule has 2 nitrogen and oxygen atoms in total. The van der Waals surface area contributed by atoms with E-state index in [1.54, 1.807) is 0 Å². The van der Waals surface area contributed by atoms with E-state index < -0.39 is 0 Å². The predicted molar refractivity (Wildman–Crippen MR) is 87.9 cm³/mol. The number of aryl methyl sites for hydroxylation is 2. The number of rotatable bonds is 4. The minimum Gasteiger partial charge on any atom is -0.355 e. The summed E-state index contributed by atoms with van der Waals surface area (Å²) in [4.78, 5) is 4.57. The van der Waals surface area contributed by atoms with Crippen LogP contribution in [0, 0.1) is 13.8 Å². The zero-order valence-corrected chi connectivity index (χ0v) is 12.3. The van der Waals surface area contributed by atoms with Crippen molar-refractivity contribution in [3.63, 3.8) is 0 Å². The van der Waals surface area contributed by atoms with Crippen LogP contribution in [0.25, 0.3) is 0 Å². The quantitative estimate of drug-likeness (QED) is 0.770. The molecule has 0 saturated heterocycles. The van der Waals surface area contributed by atoms with Gasteiger partial charge in [0.1, 0.15) is 0 Å². The fraction of sp³-hybridized carbons (Fsp3) is 0.167. The third kappa shape index (κ3) is 3.82. The molecule has 1 N–H and O–H groups in total. The summed E-state index contributed by atoms with van der Waals surface area (Å²) in [6.45, 7) is 10.1. The Morgan fingerprint density at radius 2 is 1.40 bits per heavy atom. The van der Waals surface area contributed by atoms with Crippen LogP contribution in [0.15, 0.2) is 65.8 Å². The number of nitrogens with one attached hydrogen (secondary N) is 1. The largest absolute Gasteiger partial charge is 0.355 e. The van der Waals surface area contributed by atoms with E-state index in [1.165, 1.54) is 11.1 Å². The van der Waals surface area contributed by atoms with Crippen LogP contribution in [0.5, 0.6) is 0 Å². The first kappa shape index (κ1) is 14.1. The second-order valence-corrected chi connectivity index (χ2v) is 5.00. The standard InChI is InChI=1S/C18H20N2/c1-13-5-9-17(10-6-13)19-15(3)16(4)20-18-11-7-14(2)8-12-18/h5-12,19H,3H2,1-2,4H3. The summed E-state index contributed by atoms with van der Waals surface area (Å²) in [6.07, 6.45) is 0. The van der Waals surface area contributed by atoms with E-state index >= 15 is 0 Å². The summed E-state index contributed by atoms with van der Waals surface area (Å²) < 4.78 is 0.